The molecule has 0 radical (unpaired) electrons. The van der Waals surface area contributed by atoms with Gasteiger partial charge in [0, 0.05) is 13.1 Å². The minimum absolute atomic E-state index is 0.110. The van der Waals surface area contributed by atoms with Gasteiger partial charge in [0.25, 0.3) is 0 Å². The highest BCUT2D eigenvalue weighted by molar-refractivity contribution is 7.98. The van der Waals surface area contributed by atoms with E-state index in [2.05, 4.69) is 29.0 Å². The SMILES string of the molecule is CSCCC(NS(=O)(=O)c1ccccc1)C(=O)N1CCC(Cc2ccccc2)CC1. The van der Waals surface area contributed by atoms with Crippen molar-refractivity contribution in [3.05, 3.63) is 66.2 Å². The zero-order valence-electron chi connectivity index (χ0n) is 17.4. The molecule has 1 heterocycles. The number of likely N-dealkylation sites (tertiary alicyclic amines) is 1. The standard InChI is InChI=1S/C23H30N2O3S2/c1-29-17-14-22(24-30(27,28)21-10-6-3-7-11-21)23(26)25-15-12-20(13-16-25)18-19-8-4-2-5-9-19/h2-11,20,22,24H,12-18H2,1H3. The molecule has 30 heavy (non-hydrogen) atoms. The summed E-state index contributed by atoms with van der Waals surface area (Å²) in [5.74, 6) is 1.17. The Labute approximate surface area is 184 Å². The Kier molecular flexibility index (Phi) is 8.36. The first-order chi connectivity index (χ1) is 14.5. The number of hydrogen-bond acceptors (Lipinski definition) is 4. The number of piperidine rings is 1. The van der Waals surface area contributed by atoms with Crippen molar-refractivity contribution in [1.29, 1.82) is 0 Å². The topological polar surface area (TPSA) is 66.5 Å². The molecule has 1 aliphatic heterocycles. The van der Waals surface area contributed by atoms with E-state index in [4.69, 9.17) is 0 Å². The van der Waals surface area contributed by atoms with Gasteiger partial charge in [0.15, 0.2) is 0 Å². The van der Waals surface area contributed by atoms with Crippen molar-refractivity contribution in [3.8, 4) is 0 Å². The van der Waals surface area contributed by atoms with Crippen LogP contribution in [-0.2, 0) is 21.2 Å². The van der Waals surface area contributed by atoms with E-state index in [0.29, 0.717) is 25.4 Å². The van der Waals surface area contributed by atoms with E-state index in [-0.39, 0.29) is 10.8 Å². The third-order valence-corrected chi connectivity index (χ3v) is 7.68. The summed E-state index contributed by atoms with van der Waals surface area (Å²) in [6.07, 6.45) is 5.36. The molecule has 1 unspecified atom stereocenters. The van der Waals surface area contributed by atoms with Crippen LogP contribution in [0.15, 0.2) is 65.6 Å². The summed E-state index contributed by atoms with van der Waals surface area (Å²) in [5, 5.41) is 0. The average molecular weight is 447 g/mol. The van der Waals surface area contributed by atoms with Crippen LogP contribution in [0.2, 0.25) is 0 Å². The first-order valence-electron chi connectivity index (χ1n) is 10.4. The second kappa shape index (κ2) is 11.0. The molecule has 1 aliphatic rings. The highest BCUT2D eigenvalue weighted by Gasteiger charge is 2.31. The molecule has 0 bridgehead atoms. The Morgan fingerprint density at radius 3 is 2.27 bits per heavy atom. The number of thioether (sulfide) groups is 1. The molecule has 2 aromatic rings. The van der Waals surface area contributed by atoms with Crippen molar-refractivity contribution >= 4 is 27.7 Å². The van der Waals surface area contributed by atoms with Gasteiger partial charge in [-0.15, -0.1) is 0 Å². The van der Waals surface area contributed by atoms with Crippen LogP contribution in [0, 0.1) is 5.92 Å². The van der Waals surface area contributed by atoms with Gasteiger partial charge in [0.2, 0.25) is 15.9 Å². The van der Waals surface area contributed by atoms with Crippen LogP contribution >= 0.6 is 11.8 Å². The Morgan fingerprint density at radius 2 is 1.67 bits per heavy atom. The Balaban J connectivity index is 1.61. The van der Waals surface area contributed by atoms with Gasteiger partial charge in [-0.05, 0) is 61.3 Å². The van der Waals surface area contributed by atoms with Crippen LogP contribution in [0.1, 0.15) is 24.8 Å². The highest BCUT2D eigenvalue weighted by atomic mass is 32.2. The van der Waals surface area contributed by atoms with Crippen LogP contribution in [-0.4, -0.2) is 50.4 Å². The van der Waals surface area contributed by atoms with Gasteiger partial charge >= 0.3 is 0 Å². The second-order valence-electron chi connectivity index (χ2n) is 7.73. The van der Waals surface area contributed by atoms with Gasteiger partial charge in [-0.1, -0.05) is 48.5 Å². The third-order valence-electron chi connectivity index (χ3n) is 5.55. The summed E-state index contributed by atoms with van der Waals surface area (Å²) in [4.78, 5) is 15.2. The molecule has 1 fully saturated rings. The fourth-order valence-electron chi connectivity index (χ4n) is 3.85. The predicted octanol–water partition coefficient (Wildman–Crippen LogP) is 3.57. The fourth-order valence-corrected chi connectivity index (χ4v) is 5.56. The smallest absolute Gasteiger partial charge is 0.241 e. The lowest BCUT2D eigenvalue weighted by Gasteiger charge is -2.34. The van der Waals surface area contributed by atoms with Crippen molar-refractivity contribution in [2.75, 3.05) is 25.1 Å². The summed E-state index contributed by atoms with van der Waals surface area (Å²) in [6, 6.07) is 17.9. The molecule has 1 atom stereocenters. The largest absolute Gasteiger partial charge is 0.341 e. The molecule has 3 rings (SSSR count). The van der Waals surface area contributed by atoms with Crippen LogP contribution in [0.25, 0.3) is 0 Å². The lowest BCUT2D eigenvalue weighted by atomic mass is 9.90. The number of carbonyl (C=O) groups is 1. The van der Waals surface area contributed by atoms with Crippen molar-refractivity contribution in [2.45, 2.75) is 36.6 Å². The molecule has 1 amide bonds. The third kappa shape index (κ3) is 6.33. The summed E-state index contributed by atoms with van der Waals surface area (Å²) >= 11 is 1.61. The van der Waals surface area contributed by atoms with Crippen LogP contribution in [0.5, 0.6) is 0 Å². The van der Waals surface area contributed by atoms with Crippen LogP contribution < -0.4 is 4.72 Å². The van der Waals surface area contributed by atoms with Crippen molar-refractivity contribution < 1.29 is 13.2 Å². The number of rotatable bonds is 9. The maximum atomic E-state index is 13.2. The van der Waals surface area contributed by atoms with E-state index in [1.165, 1.54) is 5.56 Å². The lowest BCUT2D eigenvalue weighted by Crippen LogP contribution is -2.51. The average Bonchev–Trinajstić information content (AvgIpc) is 2.78. The minimum atomic E-state index is -3.73. The zero-order valence-corrected chi connectivity index (χ0v) is 19.0. The molecular formula is C23H30N2O3S2. The number of benzene rings is 2. The molecule has 1 saturated heterocycles. The molecule has 0 aromatic heterocycles. The molecule has 7 heteroatoms. The number of carbonyl (C=O) groups excluding carboxylic acids is 1. The molecule has 0 saturated carbocycles. The summed E-state index contributed by atoms with van der Waals surface area (Å²) in [6.45, 7) is 1.36. The second-order valence-corrected chi connectivity index (χ2v) is 10.4. The fraction of sp³-hybridized carbons (Fsp3) is 0.435. The molecule has 5 nitrogen and oxygen atoms in total. The van der Waals surface area contributed by atoms with E-state index < -0.39 is 16.1 Å². The van der Waals surface area contributed by atoms with E-state index in [1.54, 1.807) is 42.1 Å². The molecular weight excluding hydrogens is 416 g/mol. The van der Waals surface area contributed by atoms with Crippen molar-refractivity contribution in [1.82, 2.24) is 9.62 Å². The van der Waals surface area contributed by atoms with Crippen LogP contribution in [0.3, 0.4) is 0 Å². The van der Waals surface area contributed by atoms with Gasteiger partial charge in [-0.2, -0.15) is 16.5 Å². The molecule has 2 aromatic carbocycles. The first-order valence-corrected chi connectivity index (χ1v) is 13.3. The quantitative estimate of drug-likeness (QED) is 0.640. The first kappa shape index (κ1) is 22.8. The Morgan fingerprint density at radius 1 is 1.07 bits per heavy atom. The molecule has 1 N–H and O–H groups in total. The lowest BCUT2D eigenvalue weighted by molar-refractivity contribution is -0.134. The maximum absolute atomic E-state index is 13.2. The van der Waals surface area contributed by atoms with Gasteiger partial charge in [-0.3, -0.25) is 4.79 Å². The number of nitrogens with zero attached hydrogens (tertiary/aromatic N) is 1. The minimum Gasteiger partial charge on any atom is -0.341 e. The van der Waals surface area contributed by atoms with E-state index in [1.807, 2.05) is 17.2 Å². The predicted molar refractivity (Wildman–Crippen MR) is 123 cm³/mol. The summed E-state index contributed by atoms with van der Waals surface area (Å²) in [7, 11) is -3.73. The van der Waals surface area contributed by atoms with Crippen molar-refractivity contribution in [2.24, 2.45) is 5.92 Å². The van der Waals surface area contributed by atoms with Gasteiger partial charge in [0.1, 0.15) is 6.04 Å². The number of hydrogen-bond donors (Lipinski definition) is 1. The zero-order chi connectivity index (χ0) is 21.4. The normalized spacial score (nSPS) is 16.4. The van der Waals surface area contributed by atoms with Crippen molar-refractivity contribution in [3.63, 3.8) is 0 Å². The molecule has 162 valence electrons. The molecule has 0 spiro atoms. The number of nitrogens with one attached hydrogen (secondary N) is 1. The maximum Gasteiger partial charge on any atom is 0.241 e. The van der Waals surface area contributed by atoms with E-state index >= 15 is 0 Å². The highest BCUT2D eigenvalue weighted by Crippen LogP contribution is 2.23. The summed E-state index contributed by atoms with van der Waals surface area (Å²) < 4.78 is 28.2. The van der Waals surface area contributed by atoms with Crippen LogP contribution in [0.4, 0.5) is 0 Å². The van der Waals surface area contributed by atoms with Gasteiger partial charge in [0.05, 0.1) is 4.90 Å². The Bertz CT molecular complexity index is 897. The molecule has 0 aliphatic carbocycles. The van der Waals surface area contributed by atoms with E-state index in [0.717, 1.165) is 25.0 Å². The monoisotopic (exact) mass is 446 g/mol. The number of sulfonamides is 1. The van der Waals surface area contributed by atoms with E-state index in [9.17, 15) is 13.2 Å². The van der Waals surface area contributed by atoms with Gasteiger partial charge < -0.3 is 4.90 Å². The van der Waals surface area contributed by atoms with Gasteiger partial charge in [-0.25, -0.2) is 8.42 Å². The Hall–Kier alpha value is -1.83. The number of amides is 1. The summed E-state index contributed by atoms with van der Waals surface area (Å²) in [5.41, 5.74) is 1.33.